The summed E-state index contributed by atoms with van der Waals surface area (Å²) >= 11 is 13.2. The Morgan fingerprint density at radius 1 is 1.27 bits per heavy atom. The van der Waals surface area contributed by atoms with Crippen LogP contribution in [0.25, 0.3) is 5.69 Å². The van der Waals surface area contributed by atoms with Gasteiger partial charge in [0.25, 0.3) is 0 Å². The Bertz CT molecular complexity index is 881. The van der Waals surface area contributed by atoms with Gasteiger partial charge in [-0.1, -0.05) is 11.6 Å². The summed E-state index contributed by atoms with van der Waals surface area (Å²) in [6, 6.07) is 2.12. The van der Waals surface area contributed by atoms with E-state index in [0.29, 0.717) is 10.7 Å². The first-order chi connectivity index (χ1) is 11.8. The van der Waals surface area contributed by atoms with E-state index >= 15 is 0 Å². The van der Waals surface area contributed by atoms with Crippen molar-refractivity contribution < 1.29 is 26.5 Å². The minimum absolute atomic E-state index is 0.174. The summed E-state index contributed by atoms with van der Waals surface area (Å²) in [5, 5.41) is 12.0. The Kier molecular flexibility index (Phi) is 5.71. The van der Waals surface area contributed by atoms with E-state index in [2.05, 4.69) is 5.10 Å². The summed E-state index contributed by atoms with van der Waals surface area (Å²) in [5.41, 5.74) is -2.85. The zero-order valence-corrected chi connectivity index (χ0v) is 15.4. The maximum absolute atomic E-state index is 14.3. The fourth-order valence-electron chi connectivity index (χ4n) is 2.05. The molecule has 1 aromatic heterocycles. The van der Waals surface area contributed by atoms with E-state index in [0.717, 1.165) is 6.92 Å². The van der Waals surface area contributed by atoms with Crippen LogP contribution in [0.5, 0.6) is 0 Å². The zero-order chi connectivity index (χ0) is 20.0. The molecule has 13 heteroatoms. The molecule has 26 heavy (non-hydrogen) atoms. The molecule has 0 N–H and O–H groups in total. The van der Waals surface area contributed by atoms with E-state index in [1.807, 2.05) is 0 Å². The van der Waals surface area contributed by atoms with Gasteiger partial charge in [0.2, 0.25) is 10.6 Å². The summed E-state index contributed by atoms with van der Waals surface area (Å²) < 4.78 is 75.4. The van der Waals surface area contributed by atoms with Crippen LogP contribution in [0.2, 0.25) is 5.02 Å². The lowest BCUT2D eigenvalue weighted by Gasteiger charge is -2.15. The highest BCUT2D eigenvalue weighted by Gasteiger charge is 2.45. The summed E-state index contributed by atoms with van der Waals surface area (Å²) in [6.45, 7) is 1.16. The van der Waals surface area contributed by atoms with Crippen molar-refractivity contribution in [3.63, 3.8) is 0 Å². The van der Waals surface area contributed by atoms with Crippen LogP contribution in [0.3, 0.4) is 0 Å². The molecular weight excluding hydrogens is 448 g/mol. The fourth-order valence-corrected chi connectivity index (χ4v) is 3.65. The summed E-state index contributed by atoms with van der Waals surface area (Å²) in [4.78, 5) is -0.546. The topological polar surface area (TPSA) is 64.7 Å². The molecule has 140 valence electrons. The van der Waals surface area contributed by atoms with E-state index < -0.39 is 54.0 Å². The van der Waals surface area contributed by atoms with E-state index in [9.17, 15) is 26.5 Å². The van der Waals surface area contributed by atoms with Crippen molar-refractivity contribution in [2.45, 2.75) is 21.9 Å². The Labute approximate surface area is 161 Å². The molecule has 1 heterocycles. The highest BCUT2D eigenvalue weighted by atomic mass is 35.5. The zero-order valence-electron chi connectivity index (χ0n) is 12.3. The van der Waals surface area contributed by atoms with Gasteiger partial charge in [0, 0.05) is 0 Å². The number of aromatic nitrogens is 2. The second-order valence-corrected chi connectivity index (χ2v) is 8.39. The Morgan fingerprint density at radius 2 is 1.85 bits per heavy atom. The maximum Gasteiger partial charge on any atom is 0.423 e. The summed E-state index contributed by atoms with van der Waals surface area (Å²) in [5.74, 6) is -1.42. The molecule has 0 aliphatic heterocycles. The van der Waals surface area contributed by atoms with Crippen molar-refractivity contribution in [1.82, 2.24) is 9.78 Å². The van der Waals surface area contributed by atoms with Crippen LogP contribution in [0.4, 0.5) is 22.0 Å². The minimum atomic E-state index is -4.85. The number of hydrogen-bond acceptors (Lipinski definition) is 3. The highest BCUT2D eigenvalue weighted by molar-refractivity contribution is 7.95. The van der Waals surface area contributed by atoms with Crippen molar-refractivity contribution in [3.05, 3.63) is 39.9 Å². The van der Waals surface area contributed by atoms with E-state index in [1.54, 1.807) is 0 Å². The molecule has 0 saturated carbocycles. The number of nitrogens with zero attached hydrogens (tertiary/aromatic N) is 3. The van der Waals surface area contributed by atoms with Gasteiger partial charge >= 0.3 is 10.1 Å². The number of alkyl halides is 6. The molecule has 1 unspecified atom stereocenters. The second-order valence-electron chi connectivity index (χ2n) is 4.79. The Hall–Kier alpha value is -1.25. The number of benzene rings is 1. The van der Waals surface area contributed by atoms with Crippen LogP contribution < -0.4 is 0 Å². The van der Waals surface area contributed by atoms with Crippen LogP contribution in [-0.4, -0.2) is 18.3 Å². The number of rotatable bonds is 3. The van der Waals surface area contributed by atoms with Gasteiger partial charge in [-0.3, -0.25) is 0 Å². The lowest BCUT2D eigenvalue weighted by atomic mass is 10.2. The van der Waals surface area contributed by atoms with Gasteiger partial charge in [-0.25, -0.2) is 9.07 Å². The largest absolute Gasteiger partial charge is 0.607 e. The molecule has 2 rings (SSSR count). The summed E-state index contributed by atoms with van der Waals surface area (Å²) in [6.07, 6.45) is -4.85. The first-order valence-corrected chi connectivity index (χ1v) is 8.62. The molecule has 0 radical (unpaired) electrons. The summed E-state index contributed by atoms with van der Waals surface area (Å²) in [7, 11) is 0. The van der Waals surface area contributed by atoms with Gasteiger partial charge in [0.15, 0.2) is 5.82 Å². The predicted molar refractivity (Wildman–Crippen MR) is 84.9 cm³/mol. The predicted octanol–water partition coefficient (Wildman–Crippen LogP) is 5.03. The first kappa shape index (κ1) is 21.1. The lowest BCUT2D eigenvalue weighted by molar-refractivity contribution is -0.137. The second kappa shape index (κ2) is 7.05. The molecule has 0 amide bonds. The number of hydrogen-bond donors (Lipinski definition) is 0. The average Bonchev–Trinajstić information content (AvgIpc) is 2.80. The molecule has 0 bridgehead atoms. The van der Waals surface area contributed by atoms with Gasteiger partial charge in [0.05, 0.1) is 27.5 Å². The molecule has 0 saturated heterocycles. The molecule has 2 aromatic rings. The van der Waals surface area contributed by atoms with Crippen molar-refractivity contribution in [2.24, 2.45) is 0 Å². The molecule has 1 atom stereocenters. The monoisotopic (exact) mass is 451 g/mol. The van der Waals surface area contributed by atoms with E-state index in [4.69, 9.17) is 40.1 Å². The van der Waals surface area contributed by atoms with Crippen LogP contribution in [0.15, 0.2) is 17.0 Å². The van der Waals surface area contributed by atoms with Crippen LogP contribution >= 0.6 is 34.8 Å². The normalized spacial score (nSPS) is 13.6. The van der Waals surface area contributed by atoms with Gasteiger partial charge in [-0.05, 0) is 42.3 Å². The molecule has 0 fully saturated rings. The SMILES string of the molecule is Cc1c([S+]([O-])C(F)(Cl)Cl)c(C#N)nn1-c1c(F)cc(C(F)(F)F)cc1Cl. The van der Waals surface area contributed by atoms with E-state index in [-0.39, 0.29) is 11.8 Å². The fraction of sp³-hybridized carbons (Fsp3) is 0.231. The van der Waals surface area contributed by atoms with Crippen molar-refractivity contribution in [2.75, 3.05) is 0 Å². The first-order valence-electron chi connectivity index (χ1n) is 6.34. The van der Waals surface area contributed by atoms with Gasteiger partial charge in [-0.2, -0.15) is 27.9 Å². The standard InChI is InChI=1S/C13H5Cl3F5N3OS/c1-5-11(26(25)13(15,16)21)9(4-22)23-24(5)10-7(14)2-6(3-8(10)17)12(18,19)20/h2-3H,1H3. The highest BCUT2D eigenvalue weighted by Crippen LogP contribution is 2.40. The third-order valence-corrected chi connectivity index (χ3v) is 5.53. The average molecular weight is 453 g/mol. The molecular formula is C13H5Cl3F5N3OS. The quantitative estimate of drug-likeness (QED) is 0.373. The van der Waals surface area contributed by atoms with Crippen LogP contribution in [-0.2, 0) is 17.4 Å². The smallest absolute Gasteiger partial charge is 0.423 e. The van der Waals surface area contributed by atoms with Gasteiger partial charge in [0.1, 0.15) is 11.8 Å². The van der Waals surface area contributed by atoms with Crippen molar-refractivity contribution in [1.29, 1.82) is 5.26 Å². The van der Waals surface area contributed by atoms with Crippen LogP contribution in [0.1, 0.15) is 17.0 Å². The van der Waals surface area contributed by atoms with Gasteiger partial charge in [-0.15, -0.1) is 0 Å². The maximum atomic E-state index is 14.3. The Balaban J connectivity index is 2.72. The van der Waals surface area contributed by atoms with Crippen molar-refractivity contribution in [3.8, 4) is 11.8 Å². The molecule has 4 nitrogen and oxygen atoms in total. The number of nitriles is 1. The van der Waals surface area contributed by atoms with Crippen LogP contribution in [0, 0.1) is 24.1 Å². The molecule has 0 aliphatic carbocycles. The molecule has 0 aliphatic rings. The van der Waals surface area contributed by atoms with Gasteiger partial charge < -0.3 is 4.55 Å². The number of halogens is 8. The van der Waals surface area contributed by atoms with Crippen molar-refractivity contribution >= 4 is 46.0 Å². The third-order valence-electron chi connectivity index (χ3n) is 3.12. The van der Waals surface area contributed by atoms with E-state index in [1.165, 1.54) is 6.07 Å². The Morgan fingerprint density at radius 3 is 2.27 bits per heavy atom. The molecule has 1 aromatic carbocycles. The lowest BCUT2D eigenvalue weighted by Crippen LogP contribution is -2.22. The molecule has 0 spiro atoms. The third kappa shape index (κ3) is 3.87. The minimum Gasteiger partial charge on any atom is -0.607 e.